The summed E-state index contributed by atoms with van der Waals surface area (Å²) in [4.78, 5) is 32.9. The number of para-hydroxylation sites is 2. The van der Waals surface area contributed by atoms with E-state index in [2.05, 4.69) is 4.98 Å². The van der Waals surface area contributed by atoms with Crippen molar-refractivity contribution in [2.45, 2.75) is 33.7 Å². The summed E-state index contributed by atoms with van der Waals surface area (Å²) in [5, 5.41) is 0. The van der Waals surface area contributed by atoms with Gasteiger partial charge in [0.1, 0.15) is 0 Å². The van der Waals surface area contributed by atoms with E-state index in [4.69, 9.17) is 0 Å². The van der Waals surface area contributed by atoms with E-state index in [1.165, 1.54) is 0 Å². The number of imidazole rings is 1. The summed E-state index contributed by atoms with van der Waals surface area (Å²) >= 11 is 0. The molecule has 1 saturated heterocycles. The van der Waals surface area contributed by atoms with Crippen molar-refractivity contribution in [1.82, 2.24) is 19.4 Å². The largest absolute Gasteiger partial charge is 0.339 e. The number of carbonyl (C=O) groups excluding carboxylic acids is 2. The lowest BCUT2D eigenvalue weighted by atomic mass is 9.94. The molecule has 2 heterocycles. The van der Waals surface area contributed by atoms with Gasteiger partial charge in [-0.05, 0) is 12.1 Å². The number of fused-ring (bicyclic) bond motifs is 1. The molecule has 1 aliphatic rings. The Bertz CT molecular complexity index is 767. The topological polar surface area (TPSA) is 58.4 Å². The van der Waals surface area contributed by atoms with Gasteiger partial charge in [-0.1, -0.05) is 32.9 Å². The number of aryl methyl sites for hydroxylation is 1. The Morgan fingerprint density at radius 1 is 1.04 bits per heavy atom. The molecule has 1 aromatic heterocycles. The molecule has 0 N–H and O–H groups in total. The van der Waals surface area contributed by atoms with E-state index < -0.39 is 0 Å². The molecule has 0 saturated carbocycles. The summed E-state index contributed by atoms with van der Waals surface area (Å²) in [6, 6.07) is 7.93. The third-order valence-electron chi connectivity index (χ3n) is 4.66. The van der Waals surface area contributed by atoms with Crippen LogP contribution in [0.2, 0.25) is 0 Å². The Morgan fingerprint density at radius 2 is 1.68 bits per heavy atom. The maximum Gasteiger partial charge on any atom is 0.228 e. The van der Waals surface area contributed by atoms with Crippen LogP contribution in [-0.2, 0) is 16.1 Å². The van der Waals surface area contributed by atoms with Gasteiger partial charge in [0.15, 0.2) is 0 Å². The van der Waals surface area contributed by atoms with Gasteiger partial charge in [-0.15, -0.1) is 0 Å². The molecule has 6 nitrogen and oxygen atoms in total. The lowest BCUT2D eigenvalue weighted by Crippen LogP contribution is -2.53. The zero-order valence-corrected chi connectivity index (χ0v) is 15.2. The van der Waals surface area contributed by atoms with Gasteiger partial charge < -0.3 is 14.4 Å². The molecular formula is C19H26N4O2. The quantitative estimate of drug-likeness (QED) is 0.859. The summed E-state index contributed by atoms with van der Waals surface area (Å²) in [6.45, 7) is 8.90. The van der Waals surface area contributed by atoms with Crippen molar-refractivity contribution in [3.8, 4) is 0 Å². The zero-order valence-electron chi connectivity index (χ0n) is 15.2. The zero-order chi connectivity index (χ0) is 18.0. The summed E-state index contributed by atoms with van der Waals surface area (Å²) in [5.41, 5.74) is 1.63. The molecule has 3 rings (SSSR count). The number of hydrogen-bond acceptors (Lipinski definition) is 3. The molecule has 2 aromatic rings. The number of amides is 2. The first kappa shape index (κ1) is 17.5. The lowest BCUT2D eigenvalue weighted by molar-refractivity contribution is -0.145. The van der Waals surface area contributed by atoms with Crippen LogP contribution in [0.3, 0.4) is 0 Å². The summed E-state index contributed by atoms with van der Waals surface area (Å²) < 4.78 is 2.02. The lowest BCUT2D eigenvalue weighted by Gasteiger charge is -2.37. The van der Waals surface area contributed by atoms with E-state index in [9.17, 15) is 9.59 Å². The second-order valence-electron chi connectivity index (χ2n) is 7.60. The molecule has 0 radical (unpaired) electrons. The minimum absolute atomic E-state index is 0.139. The van der Waals surface area contributed by atoms with E-state index in [1.54, 1.807) is 6.33 Å². The molecule has 0 bridgehead atoms. The first-order valence-electron chi connectivity index (χ1n) is 8.83. The number of rotatable bonds is 3. The van der Waals surface area contributed by atoms with Gasteiger partial charge >= 0.3 is 0 Å². The molecule has 1 aromatic carbocycles. The van der Waals surface area contributed by atoms with Crippen molar-refractivity contribution in [2.75, 3.05) is 26.2 Å². The summed E-state index contributed by atoms with van der Waals surface area (Å²) in [5.74, 6) is 0.296. The highest BCUT2D eigenvalue weighted by molar-refractivity contribution is 5.82. The predicted molar refractivity (Wildman–Crippen MR) is 97.0 cm³/mol. The second-order valence-corrected chi connectivity index (χ2v) is 7.60. The Labute approximate surface area is 148 Å². The van der Waals surface area contributed by atoms with Crippen molar-refractivity contribution in [3.63, 3.8) is 0 Å². The number of nitrogens with zero attached hydrogens (tertiary/aromatic N) is 4. The van der Waals surface area contributed by atoms with E-state index in [1.807, 2.05) is 59.4 Å². The second kappa shape index (κ2) is 6.86. The molecular weight excluding hydrogens is 316 g/mol. The Balaban J connectivity index is 1.52. The molecule has 25 heavy (non-hydrogen) atoms. The van der Waals surface area contributed by atoms with Gasteiger partial charge in [0.2, 0.25) is 11.8 Å². The van der Waals surface area contributed by atoms with Crippen molar-refractivity contribution in [1.29, 1.82) is 0 Å². The number of benzene rings is 1. The van der Waals surface area contributed by atoms with Crippen LogP contribution in [0.1, 0.15) is 27.2 Å². The van der Waals surface area contributed by atoms with Crippen LogP contribution in [-0.4, -0.2) is 57.3 Å². The van der Waals surface area contributed by atoms with Gasteiger partial charge in [-0.3, -0.25) is 9.59 Å². The molecule has 0 unspecified atom stereocenters. The van der Waals surface area contributed by atoms with Crippen LogP contribution in [0, 0.1) is 5.41 Å². The fraction of sp³-hybridized carbons (Fsp3) is 0.526. The van der Waals surface area contributed by atoms with Crippen LogP contribution in [0.5, 0.6) is 0 Å². The minimum Gasteiger partial charge on any atom is -0.339 e. The van der Waals surface area contributed by atoms with Crippen molar-refractivity contribution < 1.29 is 9.59 Å². The normalized spacial score (nSPS) is 15.6. The Morgan fingerprint density at radius 3 is 2.36 bits per heavy atom. The average Bonchev–Trinajstić information content (AvgIpc) is 3.01. The van der Waals surface area contributed by atoms with Crippen molar-refractivity contribution in [2.24, 2.45) is 5.41 Å². The van der Waals surface area contributed by atoms with Gasteiger partial charge in [-0.2, -0.15) is 0 Å². The number of aromatic nitrogens is 2. The van der Waals surface area contributed by atoms with Crippen LogP contribution in [0.15, 0.2) is 30.6 Å². The smallest absolute Gasteiger partial charge is 0.228 e. The maximum atomic E-state index is 12.5. The van der Waals surface area contributed by atoms with Crippen LogP contribution in [0.25, 0.3) is 11.0 Å². The van der Waals surface area contributed by atoms with Gasteiger partial charge in [0, 0.05) is 44.6 Å². The molecule has 0 aliphatic carbocycles. The maximum absolute atomic E-state index is 12.5. The molecule has 2 amide bonds. The van der Waals surface area contributed by atoms with Crippen LogP contribution < -0.4 is 0 Å². The average molecular weight is 342 g/mol. The summed E-state index contributed by atoms with van der Waals surface area (Å²) in [7, 11) is 0. The monoisotopic (exact) mass is 342 g/mol. The number of hydrogen-bond donors (Lipinski definition) is 0. The first-order chi connectivity index (χ1) is 11.9. The minimum atomic E-state index is -0.366. The highest BCUT2D eigenvalue weighted by Crippen LogP contribution is 2.19. The van der Waals surface area contributed by atoms with Crippen molar-refractivity contribution in [3.05, 3.63) is 30.6 Å². The fourth-order valence-corrected chi connectivity index (χ4v) is 3.20. The van der Waals surface area contributed by atoms with Crippen LogP contribution in [0.4, 0.5) is 0 Å². The highest BCUT2D eigenvalue weighted by atomic mass is 16.2. The number of piperazine rings is 1. The number of carbonyl (C=O) groups is 2. The molecule has 6 heteroatoms. The molecule has 1 fully saturated rings. The van der Waals surface area contributed by atoms with Gasteiger partial charge in [0.25, 0.3) is 0 Å². The molecule has 0 spiro atoms. The summed E-state index contributed by atoms with van der Waals surface area (Å²) in [6.07, 6.45) is 2.24. The van der Waals surface area contributed by atoms with E-state index >= 15 is 0 Å². The van der Waals surface area contributed by atoms with Crippen LogP contribution >= 0.6 is 0 Å². The molecule has 1 aliphatic heterocycles. The van der Waals surface area contributed by atoms with Gasteiger partial charge in [-0.25, -0.2) is 4.98 Å². The third-order valence-corrected chi connectivity index (χ3v) is 4.66. The highest BCUT2D eigenvalue weighted by Gasteiger charge is 2.30. The standard InChI is InChI=1S/C19H26N4O2/c1-19(2,3)18(25)22-12-10-21(11-13-22)17(24)8-9-23-14-20-15-6-4-5-7-16(15)23/h4-7,14H,8-13H2,1-3H3. The first-order valence-corrected chi connectivity index (χ1v) is 8.83. The predicted octanol–water partition coefficient (Wildman–Crippen LogP) is 2.14. The SMILES string of the molecule is CC(C)(C)C(=O)N1CCN(C(=O)CCn2cnc3ccccc32)CC1. The third kappa shape index (κ3) is 3.83. The molecule has 134 valence electrons. The van der Waals surface area contributed by atoms with E-state index in [-0.39, 0.29) is 17.2 Å². The Hall–Kier alpha value is -2.37. The molecule has 0 atom stereocenters. The van der Waals surface area contributed by atoms with E-state index in [0.717, 1.165) is 11.0 Å². The fourth-order valence-electron chi connectivity index (χ4n) is 3.20. The van der Waals surface area contributed by atoms with Gasteiger partial charge in [0.05, 0.1) is 17.4 Å². The van der Waals surface area contributed by atoms with E-state index in [0.29, 0.717) is 39.1 Å². The van der Waals surface area contributed by atoms with Crippen molar-refractivity contribution >= 4 is 22.8 Å². The Kier molecular flexibility index (Phi) is 4.79.